The quantitative estimate of drug-likeness (QED) is 0.767. The van der Waals surface area contributed by atoms with E-state index in [0.717, 1.165) is 38.4 Å². The van der Waals surface area contributed by atoms with Crippen molar-refractivity contribution >= 4 is 17.7 Å². The topological polar surface area (TPSA) is 23.6 Å². The SMILES string of the molecule is CN1CCN(C(=O)CSCCc2ccccc2)CC1. The first kappa shape index (κ1) is 14.4. The maximum absolute atomic E-state index is 12.0. The third-order valence-electron chi connectivity index (χ3n) is 3.46. The molecule has 1 aromatic rings. The summed E-state index contributed by atoms with van der Waals surface area (Å²) in [7, 11) is 2.11. The molecule has 0 bridgehead atoms. The number of piperazine rings is 1. The summed E-state index contributed by atoms with van der Waals surface area (Å²) >= 11 is 1.75. The molecule has 1 amide bonds. The van der Waals surface area contributed by atoms with Gasteiger partial charge in [0.25, 0.3) is 0 Å². The lowest BCUT2D eigenvalue weighted by Gasteiger charge is -2.32. The van der Waals surface area contributed by atoms with Crippen molar-refractivity contribution in [3.8, 4) is 0 Å². The highest BCUT2D eigenvalue weighted by Gasteiger charge is 2.18. The summed E-state index contributed by atoms with van der Waals surface area (Å²) in [6.45, 7) is 3.77. The molecule has 0 unspecified atom stereocenters. The number of aryl methyl sites for hydroxylation is 1. The molecule has 1 aromatic carbocycles. The number of likely N-dealkylation sites (N-methyl/N-ethyl adjacent to an activating group) is 1. The molecule has 0 N–H and O–H groups in total. The maximum Gasteiger partial charge on any atom is 0.232 e. The lowest BCUT2D eigenvalue weighted by atomic mass is 10.2. The Labute approximate surface area is 120 Å². The standard InChI is InChI=1S/C15H22N2OS/c1-16-8-10-17(11-9-16)15(18)13-19-12-7-14-5-3-2-4-6-14/h2-6H,7-13H2,1H3. The van der Waals surface area contributed by atoms with Gasteiger partial charge in [0.1, 0.15) is 0 Å². The van der Waals surface area contributed by atoms with Crippen molar-refractivity contribution in [1.29, 1.82) is 0 Å². The highest BCUT2D eigenvalue weighted by atomic mass is 32.2. The van der Waals surface area contributed by atoms with Crippen molar-refractivity contribution < 1.29 is 4.79 Å². The van der Waals surface area contributed by atoms with Gasteiger partial charge in [0.05, 0.1) is 5.75 Å². The van der Waals surface area contributed by atoms with Gasteiger partial charge in [-0.3, -0.25) is 4.79 Å². The number of thioether (sulfide) groups is 1. The molecule has 1 aliphatic rings. The third-order valence-corrected chi connectivity index (χ3v) is 4.40. The van der Waals surface area contributed by atoms with Gasteiger partial charge in [0.15, 0.2) is 0 Å². The molecule has 1 saturated heterocycles. The number of rotatable bonds is 5. The molecule has 1 heterocycles. The number of nitrogens with zero attached hydrogens (tertiary/aromatic N) is 2. The van der Waals surface area contributed by atoms with Crippen molar-refractivity contribution in [2.75, 3.05) is 44.7 Å². The van der Waals surface area contributed by atoms with Crippen LogP contribution in [0.5, 0.6) is 0 Å². The van der Waals surface area contributed by atoms with E-state index in [2.05, 4.69) is 36.2 Å². The average molecular weight is 278 g/mol. The van der Waals surface area contributed by atoms with Crippen LogP contribution in [0.4, 0.5) is 0 Å². The van der Waals surface area contributed by atoms with Crippen LogP contribution < -0.4 is 0 Å². The van der Waals surface area contributed by atoms with E-state index in [-0.39, 0.29) is 0 Å². The first-order valence-electron chi connectivity index (χ1n) is 6.83. The summed E-state index contributed by atoms with van der Waals surface area (Å²) in [6, 6.07) is 10.4. The molecule has 0 aromatic heterocycles. The van der Waals surface area contributed by atoms with Crippen LogP contribution in [0.15, 0.2) is 30.3 Å². The Morgan fingerprint density at radius 1 is 1.16 bits per heavy atom. The zero-order valence-corrected chi connectivity index (χ0v) is 12.4. The van der Waals surface area contributed by atoms with Crippen LogP contribution in [-0.4, -0.2) is 60.4 Å². The normalized spacial score (nSPS) is 16.6. The lowest BCUT2D eigenvalue weighted by molar-refractivity contribution is -0.129. The van der Waals surface area contributed by atoms with Gasteiger partial charge in [-0.05, 0) is 24.8 Å². The summed E-state index contributed by atoms with van der Waals surface area (Å²) < 4.78 is 0. The van der Waals surface area contributed by atoms with Gasteiger partial charge in [-0.2, -0.15) is 11.8 Å². The van der Waals surface area contributed by atoms with Crippen molar-refractivity contribution in [3.05, 3.63) is 35.9 Å². The fraction of sp³-hybridized carbons (Fsp3) is 0.533. The Hall–Kier alpha value is -1.00. The van der Waals surface area contributed by atoms with E-state index in [1.54, 1.807) is 11.8 Å². The molecule has 0 radical (unpaired) electrons. The Morgan fingerprint density at radius 2 is 1.84 bits per heavy atom. The minimum absolute atomic E-state index is 0.297. The predicted molar refractivity (Wildman–Crippen MR) is 81.5 cm³/mol. The smallest absolute Gasteiger partial charge is 0.232 e. The Bertz CT molecular complexity index is 388. The van der Waals surface area contributed by atoms with E-state index in [0.29, 0.717) is 11.7 Å². The molecule has 0 saturated carbocycles. The number of amides is 1. The van der Waals surface area contributed by atoms with E-state index in [9.17, 15) is 4.79 Å². The van der Waals surface area contributed by atoms with Crippen LogP contribution in [0, 0.1) is 0 Å². The van der Waals surface area contributed by atoms with Gasteiger partial charge in [0.2, 0.25) is 5.91 Å². The molecule has 1 fully saturated rings. The van der Waals surface area contributed by atoms with Crippen LogP contribution in [0.3, 0.4) is 0 Å². The molecule has 0 spiro atoms. The zero-order chi connectivity index (χ0) is 13.5. The number of hydrogen-bond acceptors (Lipinski definition) is 3. The second-order valence-electron chi connectivity index (χ2n) is 4.97. The molecular formula is C15H22N2OS. The molecule has 3 nitrogen and oxygen atoms in total. The Balaban J connectivity index is 1.61. The molecule has 0 aliphatic carbocycles. The lowest BCUT2D eigenvalue weighted by Crippen LogP contribution is -2.47. The van der Waals surface area contributed by atoms with Crippen LogP contribution in [0.25, 0.3) is 0 Å². The summed E-state index contributed by atoms with van der Waals surface area (Å²) in [5.41, 5.74) is 1.35. The highest BCUT2D eigenvalue weighted by Crippen LogP contribution is 2.09. The minimum atomic E-state index is 0.297. The first-order chi connectivity index (χ1) is 9.25. The van der Waals surface area contributed by atoms with E-state index >= 15 is 0 Å². The molecule has 2 rings (SSSR count). The number of carbonyl (C=O) groups is 1. The van der Waals surface area contributed by atoms with Crippen molar-refractivity contribution in [2.24, 2.45) is 0 Å². The van der Waals surface area contributed by atoms with Gasteiger partial charge in [0, 0.05) is 26.2 Å². The van der Waals surface area contributed by atoms with Gasteiger partial charge < -0.3 is 9.80 Å². The molecule has 0 atom stereocenters. The number of hydrogen-bond donors (Lipinski definition) is 0. The molecule has 1 aliphatic heterocycles. The van der Waals surface area contributed by atoms with Crippen LogP contribution in [0.1, 0.15) is 5.56 Å². The molecule has 19 heavy (non-hydrogen) atoms. The van der Waals surface area contributed by atoms with E-state index in [1.165, 1.54) is 5.56 Å². The van der Waals surface area contributed by atoms with Crippen LogP contribution in [-0.2, 0) is 11.2 Å². The summed E-state index contributed by atoms with van der Waals surface area (Å²) in [5, 5.41) is 0. The fourth-order valence-corrected chi connectivity index (χ4v) is 3.02. The van der Waals surface area contributed by atoms with Crippen molar-refractivity contribution in [2.45, 2.75) is 6.42 Å². The molecule has 4 heteroatoms. The fourth-order valence-electron chi connectivity index (χ4n) is 2.14. The van der Waals surface area contributed by atoms with E-state index in [4.69, 9.17) is 0 Å². The molecular weight excluding hydrogens is 256 g/mol. The maximum atomic E-state index is 12.0. The second-order valence-corrected chi connectivity index (χ2v) is 6.08. The molecule has 104 valence electrons. The van der Waals surface area contributed by atoms with E-state index < -0.39 is 0 Å². The average Bonchev–Trinajstić information content (AvgIpc) is 2.45. The third kappa shape index (κ3) is 4.88. The van der Waals surface area contributed by atoms with Crippen molar-refractivity contribution in [1.82, 2.24) is 9.80 Å². The Morgan fingerprint density at radius 3 is 2.53 bits per heavy atom. The van der Waals surface area contributed by atoms with E-state index in [1.807, 2.05) is 11.0 Å². The van der Waals surface area contributed by atoms with Gasteiger partial charge in [-0.1, -0.05) is 30.3 Å². The van der Waals surface area contributed by atoms with Crippen LogP contribution in [0.2, 0.25) is 0 Å². The summed E-state index contributed by atoms with van der Waals surface area (Å²) in [4.78, 5) is 16.3. The summed E-state index contributed by atoms with van der Waals surface area (Å²) in [5.74, 6) is 1.94. The monoisotopic (exact) mass is 278 g/mol. The Kier molecular flexibility index (Phi) is 5.73. The first-order valence-corrected chi connectivity index (χ1v) is 7.99. The van der Waals surface area contributed by atoms with Crippen LogP contribution >= 0.6 is 11.8 Å². The van der Waals surface area contributed by atoms with Crippen molar-refractivity contribution in [3.63, 3.8) is 0 Å². The number of carbonyl (C=O) groups excluding carboxylic acids is 1. The number of benzene rings is 1. The van der Waals surface area contributed by atoms with Gasteiger partial charge >= 0.3 is 0 Å². The van der Waals surface area contributed by atoms with Gasteiger partial charge in [-0.25, -0.2) is 0 Å². The minimum Gasteiger partial charge on any atom is -0.339 e. The summed E-state index contributed by atoms with van der Waals surface area (Å²) in [6.07, 6.45) is 1.04. The zero-order valence-electron chi connectivity index (χ0n) is 11.5. The highest BCUT2D eigenvalue weighted by molar-refractivity contribution is 7.99. The second kappa shape index (κ2) is 7.56. The van der Waals surface area contributed by atoms with Gasteiger partial charge in [-0.15, -0.1) is 0 Å². The predicted octanol–water partition coefficient (Wildman–Crippen LogP) is 1.74. The largest absolute Gasteiger partial charge is 0.339 e.